The molecule has 0 unspecified atom stereocenters. The first kappa shape index (κ1) is 34.4. The first-order chi connectivity index (χ1) is 18.3. The van der Waals surface area contributed by atoms with Crippen LogP contribution in [0.2, 0.25) is 0 Å². The summed E-state index contributed by atoms with van der Waals surface area (Å²) in [6, 6.07) is 21.1. The standard InChI is InChI=1S/C26H26N.C11H20O2.Ir/c1-16-11-17(2)25-18(3)13-23(27-24(25)12-16)20-14-19-9-7-8-10-21(19)22(15-20)26(4,5)6;1-10(2,3)8(12)7-9(13)11(4,5)6;/h7-13,15H,1-6H3;7,12H,1-6H3;/q-1;;/b;8-7-;. The Balaban J connectivity index is 0.000000360. The molecule has 0 spiro atoms. The van der Waals surface area contributed by atoms with Crippen LogP contribution < -0.4 is 0 Å². The number of aliphatic hydroxyl groups is 1. The normalized spacial score (nSPS) is 12.5. The zero-order valence-corrected chi connectivity index (χ0v) is 29.2. The minimum atomic E-state index is -0.417. The topological polar surface area (TPSA) is 50.2 Å². The predicted molar refractivity (Wildman–Crippen MR) is 171 cm³/mol. The number of aromatic nitrogens is 1. The maximum absolute atomic E-state index is 11.5. The molecule has 0 aliphatic carbocycles. The average molecular weight is 729 g/mol. The molecule has 4 aromatic rings. The van der Waals surface area contributed by atoms with Crippen LogP contribution in [0.15, 0.2) is 60.4 Å². The van der Waals surface area contributed by atoms with Crippen molar-refractivity contribution < 1.29 is 30.0 Å². The first-order valence-electron chi connectivity index (χ1n) is 14.1. The van der Waals surface area contributed by atoms with Gasteiger partial charge in [-0.2, -0.15) is 0 Å². The number of ketones is 1. The molecule has 0 atom stereocenters. The Morgan fingerprint density at radius 1 is 0.829 bits per heavy atom. The van der Waals surface area contributed by atoms with Crippen LogP contribution in [0, 0.1) is 37.7 Å². The molecule has 3 nitrogen and oxygen atoms in total. The second-order valence-electron chi connectivity index (χ2n) is 14.1. The molecule has 221 valence electrons. The molecular formula is C37H46IrNO2-. The third kappa shape index (κ3) is 8.37. The van der Waals surface area contributed by atoms with Crippen LogP contribution in [0.5, 0.6) is 0 Å². The van der Waals surface area contributed by atoms with Gasteiger partial charge in [-0.25, -0.2) is 0 Å². The van der Waals surface area contributed by atoms with E-state index in [0.717, 1.165) is 22.2 Å². The van der Waals surface area contributed by atoms with Crippen molar-refractivity contribution in [2.45, 2.75) is 88.5 Å². The van der Waals surface area contributed by atoms with E-state index in [1.807, 2.05) is 41.5 Å². The van der Waals surface area contributed by atoms with Gasteiger partial charge in [0.05, 0.1) is 5.52 Å². The monoisotopic (exact) mass is 729 g/mol. The fourth-order valence-electron chi connectivity index (χ4n) is 4.67. The number of benzene rings is 3. The minimum absolute atomic E-state index is 0. The summed E-state index contributed by atoms with van der Waals surface area (Å²) in [7, 11) is 0. The predicted octanol–water partition coefficient (Wildman–Crippen LogP) is 10.2. The van der Waals surface area contributed by atoms with E-state index in [2.05, 4.69) is 96.1 Å². The fourth-order valence-corrected chi connectivity index (χ4v) is 4.67. The second-order valence-corrected chi connectivity index (χ2v) is 14.1. The van der Waals surface area contributed by atoms with Crippen molar-refractivity contribution in [1.29, 1.82) is 0 Å². The summed E-state index contributed by atoms with van der Waals surface area (Å²) in [6.07, 6.45) is 1.33. The number of aryl methyl sites for hydroxylation is 3. The van der Waals surface area contributed by atoms with E-state index in [0.29, 0.717) is 0 Å². The largest absolute Gasteiger partial charge is 0.512 e. The van der Waals surface area contributed by atoms with Gasteiger partial charge in [0.1, 0.15) is 5.76 Å². The Kier molecular flexibility index (Phi) is 10.6. The van der Waals surface area contributed by atoms with Crippen LogP contribution in [-0.4, -0.2) is 15.9 Å². The Hall–Kier alpha value is -2.81. The van der Waals surface area contributed by atoms with Crippen LogP contribution in [0.1, 0.15) is 84.6 Å². The van der Waals surface area contributed by atoms with E-state index >= 15 is 0 Å². The number of hydrogen-bond acceptors (Lipinski definition) is 3. The smallest absolute Gasteiger partial charge is 0.164 e. The van der Waals surface area contributed by atoms with Gasteiger partial charge in [-0.1, -0.05) is 104 Å². The summed E-state index contributed by atoms with van der Waals surface area (Å²) < 4.78 is 0. The zero-order valence-electron chi connectivity index (χ0n) is 26.8. The molecule has 4 rings (SSSR count). The van der Waals surface area contributed by atoms with Gasteiger partial charge in [0.25, 0.3) is 0 Å². The van der Waals surface area contributed by atoms with Crippen molar-refractivity contribution in [1.82, 2.24) is 4.98 Å². The molecule has 1 heterocycles. The van der Waals surface area contributed by atoms with E-state index in [1.165, 1.54) is 39.1 Å². The van der Waals surface area contributed by atoms with Crippen molar-refractivity contribution in [3.8, 4) is 11.3 Å². The van der Waals surface area contributed by atoms with Crippen LogP contribution >= 0.6 is 0 Å². The van der Waals surface area contributed by atoms with Crippen LogP contribution in [0.4, 0.5) is 0 Å². The summed E-state index contributed by atoms with van der Waals surface area (Å²) in [5.74, 6) is 0.104. The number of allylic oxidation sites excluding steroid dienone is 2. The molecule has 0 amide bonds. The summed E-state index contributed by atoms with van der Waals surface area (Å²) in [6.45, 7) is 24.4. The minimum Gasteiger partial charge on any atom is -0.512 e. The molecule has 0 saturated carbocycles. The van der Waals surface area contributed by atoms with E-state index in [4.69, 9.17) is 4.98 Å². The molecule has 1 N–H and O–H groups in total. The van der Waals surface area contributed by atoms with E-state index in [1.54, 1.807) is 0 Å². The third-order valence-corrected chi connectivity index (χ3v) is 7.08. The molecule has 0 aliphatic rings. The quantitative estimate of drug-likeness (QED) is 0.127. The van der Waals surface area contributed by atoms with Crippen molar-refractivity contribution in [3.63, 3.8) is 0 Å². The van der Waals surface area contributed by atoms with Gasteiger partial charge in [-0.05, 0) is 48.9 Å². The molecule has 0 fully saturated rings. The molecular weight excluding hydrogens is 683 g/mol. The van der Waals surface area contributed by atoms with Crippen molar-refractivity contribution in [2.75, 3.05) is 0 Å². The SMILES string of the molecule is CC(C)(C)C(=O)/C=C(\O)C(C)(C)C.Cc1cc(C)c2c(C)cc(-c3[c-]c4ccccc4c(C(C)(C)C)c3)nc2c1.[Ir]. The zero-order chi connectivity index (χ0) is 30.2. The second kappa shape index (κ2) is 12.6. The molecule has 0 aliphatic heterocycles. The molecule has 41 heavy (non-hydrogen) atoms. The van der Waals surface area contributed by atoms with Gasteiger partial charge >= 0.3 is 0 Å². The maximum atomic E-state index is 11.5. The molecule has 3 aromatic carbocycles. The average Bonchev–Trinajstić information content (AvgIpc) is 2.81. The molecule has 1 aromatic heterocycles. The van der Waals surface area contributed by atoms with Crippen molar-refractivity contribution >= 4 is 27.5 Å². The molecule has 0 saturated heterocycles. The van der Waals surface area contributed by atoms with Gasteiger partial charge in [-0.15, -0.1) is 29.1 Å². The fraction of sp³-hybridized carbons (Fsp3) is 0.405. The third-order valence-electron chi connectivity index (χ3n) is 7.08. The van der Waals surface area contributed by atoms with E-state index in [9.17, 15) is 9.90 Å². The van der Waals surface area contributed by atoms with Gasteiger partial charge in [0, 0.05) is 48.1 Å². The molecule has 0 bridgehead atoms. The number of nitrogens with zero attached hydrogens (tertiary/aromatic N) is 1. The number of pyridine rings is 1. The van der Waals surface area contributed by atoms with Gasteiger partial charge in [-0.3, -0.25) is 9.78 Å². The van der Waals surface area contributed by atoms with E-state index in [-0.39, 0.29) is 42.5 Å². The number of hydrogen-bond donors (Lipinski definition) is 1. The number of rotatable bonds is 2. The van der Waals surface area contributed by atoms with Gasteiger partial charge < -0.3 is 5.11 Å². The summed E-state index contributed by atoms with van der Waals surface area (Å²) in [4.78, 5) is 16.5. The van der Waals surface area contributed by atoms with Crippen molar-refractivity contribution in [2.24, 2.45) is 10.8 Å². The number of carbonyl (C=O) groups is 1. The van der Waals surface area contributed by atoms with E-state index < -0.39 is 5.41 Å². The molecule has 4 heteroatoms. The Morgan fingerprint density at radius 3 is 1.98 bits per heavy atom. The summed E-state index contributed by atoms with van der Waals surface area (Å²) in [5.41, 5.74) is 7.59. The molecule has 1 radical (unpaired) electrons. The van der Waals surface area contributed by atoms with Crippen molar-refractivity contribution in [3.05, 3.63) is 88.7 Å². The van der Waals surface area contributed by atoms with Gasteiger partial charge in [0.15, 0.2) is 5.78 Å². The first-order valence-corrected chi connectivity index (χ1v) is 14.1. The summed E-state index contributed by atoms with van der Waals surface area (Å²) >= 11 is 0. The number of fused-ring (bicyclic) bond motifs is 2. The number of carbonyl (C=O) groups excluding carboxylic acids is 1. The number of aliphatic hydroxyl groups excluding tert-OH is 1. The van der Waals surface area contributed by atoms with Crippen LogP contribution in [0.3, 0.4) is 0 Å². The summed E-state index contributed by atoms with van der Waals surface area (Å²) in [5, 5.41) is 13.3. The van der Waals surface area contributed by atoms with Crippen LogP contribution in [0.25, 0.3) is 32.9 Å². The Bertz CT molecular complexity index is 1590. The Labute approximate surface area is 260 Å². The van der Waals surface area contributed by atoms with Gasteiger partial charge in [0.2, 0.25) is 0 Å². The maximum Gasteiger partial charge on any atom is 0.164 e. The van der Waals surface area contributed by atoms with Crippen LogP contribution in [-0.2, 0) is 30.3 Å². The Morgan fingerprint density at radius 2 is 1.41 bits per heavy atom.